The lowest BCUT2D eigenvalue weighted by molar-refractivity contribution is -0.159. The van der Waals surface area contributed by atoms with E-state index in [2.05, 4.69) is 0 Å². The first-order valence-corrected chi connectivity index (χ1v) is 4.72. The Bertz CT molecular complexity index is 171. The number of carbonyl (C=O) groups is 1. The summed E-state index contributed by atoms with van der Waals surface area (Å²) in [5.74, 6) is -0.569. The summed E-state index contributed by atoms with van der Waals surface area (Å²) in [6.45, 7) is 5.49. The monoisotopic (exact) mass is 193 g/mol. The molecule has 0 spiro atoms. The standard InChI is InChI=1S/C7H13O4P/c1-4-10-6(8)7(3,12-9)11-5-2/h4-5H2,1-3H3/p+1. The fourth-order valence-corrected chi connectivity index (χ4v) is 1.05. The number of hydrogen-bond acceptors (Lipinski definition) is 4. The van der Waals surface area contributed by atoms with Gasteiger partial charge in [0.1, 0.15) is 0 Å². The molecular weight excluding hydrogens is 179 g/mol. The lowest BCUT2D eigenvalue weighted by Crippen LogP contribution is -2.34. The third-order valence-electron chi connectivity index (χ3n) is 1.29. The Hall–Kier alpha value is -0.470. The highest BCUT2D eigenvalue weighted by atomic mass is 31.1. The molecule has 0 radical (unpaired) electrons. The van der Waals surface area contributed by atoms with E-state index < -0.39 is 19.8 Å². The van der Waals surface area contributed by atoms with E-state index in [9.17, 15) is 9.36 Å². The van der Waals surface area contributed by atoms with Crippen molar-refractivity contribution in [3.05, 3.63) is 0 Å². The molecule has 0 heterocycles. The number of hydrogen-bond donors (Lipinski definition) is 0. The molecule has 0 N–H and O–H groups in total. The van der Waals surface area contributed by atoms with Gasteiger partial charge in [-0.2, -0.15) is 0 Å². The van der Waals surface area contributed by atoms with Crippen molar-refractivity contribution in [1.29, 1.82) is 0 Å². The fourth-order valence-electron chi connectivity index (χ4n) is 0.688. The van der Waals surface area contributed by atoms with Crippen molar-refractivity contribution in [2.75, 3.05) is 13.2 Å². The molecule has 12 heavy (non-hydrogen) atoms. The van der Waals surface area contributed by atoms with E-state index in [1.165, 1.54) is 6.92 Å². The quantitative estimate of drug-likeness (QED) is 0.488. The summed E-state index contributed by atoms with van der Waals surface area (Å²) >= 11 is 0. The largest absolute Gasteiger partial charge is 0.461 e. The van der Waals surface area contributed by atoms with Crippen LogP contribution >= 0.6 is 8.46 Å². The molecule has 0 aromatic carbocycles. The van der Waals surface area contributed by atoms with Gasteiger partial charge in [0.05, 0.1) is 6.61 Å². The minimum absolute atomic E-state index is 0.270. The number of ether oxygens (including phenoxy) is 2. The van der Waals surface area contributed by atoms with Crippen molar-refractivity contribution in [1.82, 2.24) is 0 Å². The van der Waals surface area contributed by atoms with Crippen molar-refractivity contribution in [2.24, 2.45) is 0 Å². The number of rotatable bonds is 5. The molecule has 70 valence electrons. The molecule has 0 amide bonds. The van der Waals surface area contributed by atoms with Gasteiger partial charge in [-0.3, -0.25) is 0 Å². The zero-order chi connectivity index (χ0) is 9.61. The van der Waals surface area contributed by atoms with Crippen LogP contribution in [-0.2, 0) is 18.8 Å². The molecular formula is C7H14O4P+. The van der Waals surface area contributed by atoms with Crippen LogP contribution in [0.3, 0.4) is 0 Å². The molecule has 0 aliphatic rings. The molecule has 0 aliphatic heterocycles. The summed E-state index contributed by atoms with van der Waals surface area (Å²) in [5, 5.41) is -1.29. The van der Waals surface area contributed by atoms with Crippen molar-refractivity contribution in [3.63, 3.8) is 0 Å². The zero-order valence-corrected chi connectivity index (χ0v) is 8.55. The molecule has 0 bridgehead atoms. The summed E-state index contributed by atoms with van der Waals surface area (Å²) < 4.78 is 20.4. The molecule has 0 saturated heterocycles. The third kappa shape index (κ3) is 2.88. The smallest absolute Gasteiger partial charge is 0.389 e. The average Bonchev–Trinajstić information content (AvgIpc) is 2.05. The first-order chi connectivity index (χ1) is 5.60. The van der Waals surface area contributed by atoms with Gasteiger partial charge < -0.3 is 9.47 Å². The van der Waals surface area contributed by atoms with Crippen LogP contribution in [0.1, 0.15) is 20.8 Å². The van der Waals surface area contributed by atoms with E-state index >= 15 is 0 Å². The second-order valence-corrected chi connectivity index (χ2v) is 3.45. The van der Waals surface area contributed by atoms with E-state index in [1.54, 1.807) is 13.8 Å². The van der Waals surface area contributed by atoms with Crippen LogP contribution in [0.4, 0.5) is 0 Å². The predicted molar refractivity (Wildman–Crippen MR) is 45.7 cm³/mol. The van der Waals surface area contributed by atoms with Gasteiger partial charge in [0.2, 0.25) is 0 Å². The second-order valence-electron chi connectivity index (χ2n) is 2.29. The van der Waals surface area contributed by atoms with E-state index in [0.29, 0.717) is 6.61 Å². The van der Waals surface area contributed by atoms with E-state index in [1.807, 2.05) is 0 Å². The molecule has 2 atom stereocenters. The van der Waals surface area contributed by atoms with Crippen molar-refractivity contribution in [2.45, 2.75) is 26.1 Å². The molecule has 0 aromatic heterocycles. The summed E-state index contributed by atoms with van der Waals surface area (Å²) in [4.78, 5) is 11.1. The van der Waals surface area contributed by atoms with Crippen LogP contribution in [0.15, 0.2) is 0 Å². The van der Waals surface area contributed by atoms with Crippen molar-refractivity contribution >= 4 is 14.4 Å². The van der Waals surface area contributed by atoms with E-state index in [0.717, 1.165) is 0 Å². The number of esters is 1. The molecule has 2 unspecified atom stereocenters. The first kappa shape index (κ1) is 11.5. The van der Waals surface area contributed by atoms with Gasteiger partial charge in [0, 0.05) is 13.5 Å². The summed E-state index contributed by atoms with van der Waals surface area (Å²) in [6.07, 6.45) is 0. The summed E-state index contributed by atoms with van der Waals surface area (Å²) in [6, 6.07) is 0. The maximum atomic E-state index is 11.1. The highest BCUT2D eigenvalue weighted by Gasteiger charge is 2.44. The Morgan fingerprint density at radius 3 is 2.33 bits per heavy atom. The first-order valence-electron chi connectivity index (χ1n) is 3.81. The van der Waals surface area contributed by atoms with Crippen LogP contribution in [0, 0.1) is 0 Å². The van der Waals surface area contributed by atoms with Crippen molar-refractivity contribution in [3.8, 4) is 0 Å². The van der Waals surface area contributed by atoms with Gasteiger partial charge >= 0.3 is 19.8 Å². The average molecular weight is 193 g/mol. The van der Waals surface area contributed by atoms with Gasteiger partial charge in [0.15, 0.2) is 0 Å². The Morgan fingerprint density at radius 2 is 2.00 bits per heavy atom. The Balaban J connectivity index is 4.28. The topological polar surface area (TPSA) is 52.6 Å². The minimum Gasteiger partial charge on any atom is -0.461 e. The van der Waals surface area contributed by atoms with E-state index in [-0.39, 0.29) is 6.61 Å². The van der Waals surface area contributed by atoms with Crippen LogP contribution in [0.5, 0.6) is 0 Å². The molecule has 0 fully saturated rings. The molecule has 0 rings (SSSR count). The SMILES string of the molecule is CCOC(=O)C(C)(OCC)[PH+]=O. The van der Waals surface area contributed by atoms with Gasteiger partial charge in [-0.1, -0.05) is 4.57 Å². The van der Waals surface area contributed by atoms with Gasteiger partial charge in [0.25, 0.3) is 0 Å². The molecule has 0 saturated carbocycles. The summed E-state index contributed by atoms with van der Waals surface area (Å²) in [5.41, 5.74) is 0. The van der Waals surface area contributed by atoms with E-state index in [4.69, 9.17) is 9.47 Å². The van der Waals surface area contributed by atoms with Crippen molar-refractivity contribution < 1.29 is 18.8 Å². The molecule has 0 aromatic rings. The molecule has 5 heteroatoms. The Morgan fingerprint density at radius 1 is 1.42 bits per heavy atom. The Labute approximate surface area is 73.4 Å². The maximum absolute atomic E-state index is 11.1. The van der Waals surface area contributed by atoms with Gasteiger partial charge in [-0.25, -0.2) is 4.79 Å². The van der Waals surface area contributed by atoms with Crippen LogP contribution in [-0.4, -0.2) is 24.5 Å². The number of carbonyl (C=O) groups excluding carboxylic acids is 1. The highest BCUT2D eigenvalue weighted by Crippen LogP contribution is 2.25. The minimum atomic E-state index is -1.29. The van der Waals surface area contributed by atoms with Crippen LogP contribution < -0.4 is 0 Å². The predicted octanol–water partition coefficient (Wildman–Crippen LogP) is 1.33. The van der Waals surface area contributed by atoms with Gasteiger partial charge in [-0.05, 0) is 13.8 Å². The fraction of sp³-hybridized carbons (Fsp3) is 0.857. The lowest BCUT2D eigenvalue weighted by atomic mass is 10.4. The maximum Gasteiger partial charge on any atom is 0.389 e. The lowest BCUT2D eigenvalue weighted by Gasteiger charge is -2.13. The third-order valence-corrected chi connectivity index (χ3v) is 2.03. The molecule has 4 nitrogen and oxygen atoms in total. The molecule has 0 aliphatic carbocycles. The second kappa shape index (κ2) is 5.22. The van der Waals surface area contributed by atoms with Crippen LogP contribution in [0.2, 0.25) is 0 Å². The zero-order valence-electron chi connectivity index (χ0n) is 7.55. The van der Waals surface area contributed by atoms with Gasteiger partial charge in [-0.15, -0.1) is 0 Å². The normalized spacial score (nSPS) is 15.6. The van der Waals surface area contributed by atoms with Crippen LogP contribution in [0.25, 0.3) is 0 Å². The highest BCUT2D eigenvalue weighted by molar-refractivity contribution is 7.27. The Kier molecular flexibility index (Phi) is 5.02. The summed E-state index contributed by atoms with van der Waals surface area (Å²) in [7, 11) is -0.848.